The van der Waals surface area contributed by atoms with Crippen molar-refractivity contribution in [2.75, 3.05) is 6.61 Å². The first-order valence-corrected chi connectivity index (χ1v) is 9.36. The van der Waals surface area contributed by atoms with Gasteiger partial charge in [0.15, 0.2) is 12.4 Å². The predicted molar refractivity (Wildman–Crippen MR) is 99.7 cm³/mol. The molecule has 174 valence electrons. The van der Waals surface area contributed by atoms with Crippen LogP contribution in [-0.2, 0) is 19.0 Å². The van der Waals surface area contributed by atoms with Gasteiger partial charge in [0.1, 0.15) is 17.1 Å². The van der Waals surface area contributed by atoms with Gasteiger partial charge >= 0.3 is 12.4 Å². The topological polar surface area (TPSA) is 76.8 Å². The van der Waals surface area contributed by atoms with Crippen LogP contribution in [0.4, 0.5) is 30.7 Å². The van der Waals surface area contributed by atoms with Gasteiger partial charge in [-0.3, -0.25) is 0 Å². The van der Waals surface area contributed by atoms with E-state index in [0.29, 0.717) is 6.07 Å². The molecule has 0 fully saturated rings. The lowest BCUT2D eigenvalue weighted by Gasteiger charge is -2.16. The minimum Gasteiger partial charge on any atom is -0.483 e. The number of benzene rings is 2. The molecule has 0 spiro atoms. The third-order valence-corrected chi connectivity index (χ3v) is 4.70. The minimum atomic E-state index is -4.93. The monoisotopic (exact) mass is 474 g/mol. The van der Waals surface area contributed by atoms with Crippen LogP contribution in [0.5, 0.6) is 5.75 Å². The van der Waals surface area contributed by atoms with Crippen molar-refractivity contribution >= 4 is 11.0 Å². The lowest BCUT2D eigenvalue weighted by molar-refractivity contribution is -0.158. The number of nitrogens with one attached hydrogen (secondary N) is 1. The summed E-state index contributed by atoms with van der Waals surface area (Å²) in [5.41, 5.74) is -0.740. The number of tetrazole rings is 1. The Labute approximate surface area is 180 Å². The van der Waals surface area contributed by atoms with Gasteiger partial charge in [0.25, 0.3) is 0 Å². The number of alkyl halides is 6. The molecule has 4 rings (SSSR count). The highest BCUT2D eigenvalue weighted by Gasteiger charge is 2.36. The van der Waals surface area contributed by atoms with E-state index in [1.54, 1.807) is 0 Å². The molecular formula is C20H13F7N4O2. The molecule has 0 atom stereocenters. The molecule has 33 heavy (non-hydrogen) atoms. The van der Waals surface area contributed by atoms with Gasteiger partial charge in [-0.1, -0.05) is 12.1 Å². The number of halogens is 7. The molecule has 6 nitrogen and oxygen atoms in total. The fraction of sp³-hybridized carbons (Fsp3) is 0.250. The standard InChI is InChI=1S/C20H13F7N4O2/c21-17-11(4-6-14-12(17)8-16(33-14)18-28-30-31-29-18)3-1-10-2-5-15(32-9-19(22,23)24)13(7-10)20(25,26)27/h2,4-8H,1,3,9H2,(H,28,29,30,31). The van der Waals surface area contributed by atoms with Crippen LogP contribution in [0, 0.1) is 5.82 Å². The number of hydrogen-bond donors (Lipinski definition) is 1. The Morgan fingerprint density at radius 3 is 2.42 bits per heavy atom. The van der Waals surface area contributed by atoms with Crippen LogP contribution >= 0.6 is 0 Å². The fourth-order valence-electron chi connectivity index (χ4n) is 3.21. The molecule has 0 aliphatic rings. The molecule has 0 aliphatic carbocycles. The molecule has 1 N–H and O–H groups in total. The molecule has 0 unspecified atom stereocenters. The Kier molecular flexibility index (Phi) is 5.72. The number of H-pyrrole nitrogens is 1. The number of furan rings is 1. The van der Waals surface area contributed by atoms with E-state index in [2.05, 4.69) is 25.4 Å². The summed E-state index contributed by atoms with van der Waals surface area (Å²) in [6.07, 6.45) is -9.68. The summed E-state index contributed by atoms with van der Waals surface area (Å²) >= 11 is 0. The van der Waals surface area contributed by atoms with Crippen LogP contribution in [0.2, 0.25) is 0 Å². The second-order valence-electron chi connectivity index (χ2n) is 7.03. The van der Waals surface area contributed by atoms with E-state index >= 15 is 0 Å². The maximum atomic E-state index is 14.9. The zero-order valence-corrected chi connectivity index (χ0v) is 16.4. The van der Waals surface area contributed by atoms with Crippen LogP contribution < -0.4 is 4.74 Å². The van der Waals surface area contributed by atoms with Gasteiger partial charge in [0, 0.05) is 0 Å². The van der Waals surface area contributed by atoms with Gasteiger partial charge in [-0.2, -0.15) is 31.6 Å². The Hall–Kier alpha value is -3.64. The van der Waals surface area contributed by atoms with E-state index in [9.17, 15) is 30.7 Å². The third-order valence-electron chi connectivity index (χ3n) is 4.70. The molecule has 4 aromatic rings. The normalized spacial score (nSPS) is 12.5. The Morgan fingerprint density at radius 2 is 1.76 bits per heavy atom. The molecule has 13 heteroatoms. The predicted octanol–water partition coefficient (Wildman–Crippen LogP) is 5.50. The first kappa shape index (κ1) is 22.6. The Bertz CT molecular complexity index is 1260. The van der Waals surface area contributed by atoms with Gasteiger partial charge in [0.05, 0.1) is 10.9 Å². The third kappa shape index (κ3) is 5.07. The van der Waals surface area contributed by atoms with Crippen molar-refractivity contribution in [1.82, 2.24) is 20.6 Å². The van der Waals surface area contributed by atoms with Crippen LogP contribution in [0.15, 0.2) is 40.8 Å². The lowest BCUT2D eigenvalue weighted by Crippen LogP contribution is -2.21. The summed E-state index contributed by atoms with van der Waals surface area (Å²) in [6, 6.07) is 7.07. The molecule has 2 aromatic carbocycles. The first-order valence-electron chi connectivity index (χ1n) is 9.36. The Balaban J connectivity index is 1.55. The fourth-order valence-corrected chi connectivity index (χ4v) is 3.21. The van der Waals surface area contributed by atoms with Crippen molar-refractivity contribution in [3.63, 3.8) is 0 Å². The molecule has 2 heterocycles. The number of fused-ring (bicyclic) bond motifs is 1. The van der Waals surface area contributed by atoms with Crippen LogP contribution in [0.3, 0.4) is 0 Å². The van der Waals surface area contributed by atoms with Crippen molar-refractivity contribution in [2.24, 2.45) is 0 Å². The number of aromatic amines is 1. The number of aryl methyl sites for hydroxylation is 2. The molecule has 0 radical (unpaired) electrons. The molecule has 0 saturated heterocycles. The SMILES string of the molecule is Fc1c(CCc2ccc(OCC(F)(F)F)c(C(F)(F)F)c2)ccc2oc(-c3nn[nH]n3)cc12. The minimum absolute atomic E-state index is 0.000603. The van der Waals surface area contributed by atoms with Gasteiger partial charge < -0.3 is 9.15 Å². The number of rotatable bonds is 6. The number of aromatic nitrogens is 4. The first-order chi connectivity index (χ1) is 15.5. The maximum absolute atomic E-state index is 14.9. The van der Waals surface area contributed by atoms with Gasteiger partial charge in [-0.15, -0.1) is 10.2 Å². The van der Waals surface area contributed by atoms with E-state index < -0.39 is 36.1 Å². The average molecular weight is 474 g/mol. The largest absolute Gasteiger partial charge is 0.483 e. The molecule has 2 aromatic heterocycles. The van der Waals surface area contributed by atoms with E-state index in [1.807, 2.05) is 0 Å². The van der Waals surface area contributed by atoms with Gasteiger partial charge in [-0.05, 0) is 53.4 Å². The number of nitrogens with zero attached hydrogens (tertiary/aromatic N) is 3. The zero-order valence-electron chi connectivity index (χ0n) is 16.4. The van der Waals surface area contributed by atoms with E-state index in [4.69, 9.17) is 4.42 Å². The summed E-state index contributed by atoms with van der Waals surface area (Å²) in [6.45, 7) is -1.85. The number of hydrogen-bond acceptors (Lipinski definition) is 5. The summed E-state index contributed by atoms with van der Waals surface area (Å²) in [7, 11) is 0. The average Bonchev–Trinajstić information content (AvgIpc) is 3.41. The van der Waals surface area contributed by atoms with E-state index in [-0.39, 0.29) is 46.5 Å². The van der Waals surface area contributed by atoms with E-state index in [0.717, 1.165) is 6.07 Å². The maximum Gasteiger partial charge on any atom is 0.422 e. The van der Waals surface area contributed by atoms with Crippen LogP contribution in [0.25, 0.3) is 22.6 Å². The van der Waals surface area contributed by atoms with Gasteiger partial charge in [0.2, 0.25) is 5.82 Å². The summed E-state index contributed by atoms with van der Waals surface area (Å²) in [5, 5.41) is 13.3. The highest BCUT2D eigenvalue weighted by Crippen LogP contribution is 2.38. The molecule has 0 aliphatic heterocycles. The summed E-state index contributed by atoms with van der Waals surface area (Å²) in [5.74, 6) is -1.24. The van der Waals surface area contributed by atoms with E-state index in [1.165, 1.54) is 24.3 Å². The highest BCUT2D eigenvalue weighted by molar-refractivity contribution is 5.83. The Morgan fingerprint density at radius 1 is 0.970 bits per heavy atom. The van der Waals surface area contributed by atoms with Crippen molar-refractivity contribution in [1.29, 1.82) is 0 Å². The quantitative estimate of drug-likeness (QED) is 0.374. The van der Waals surface area contributed by atoms with Crippen molar-refractivity contribution in [3.05, 3.63) is 58.9 Å². The molecular weight excluding hydrogens is 461 g/mol. The van der Waals surface area contributed by atoms with Gasteiger partial charge in [-0.25, -0.2) is 4.39 Å². The second-order valence-corrected chi connectivity index (χ2v) is 7.03. The smallest absolute Gasteiger partial charge is 0.422 e. The molecule has 0 saturated carbocycles. The summed E-state index contributed by atoms with van der Waals surface area (Å²) in [4.78, 5) is 0. The van der Waals surface area contributed by atoms with Crippen LogP contribution in [-0.4, -0.2) is 33.4 Å². The summed E-state index contributed by atoms with van der Waals surface area (Å²) < 4.78 is 102. The van der Waals surface area contributed by atoms with Crippen LogP contribution in [0.1, 0.15) is 16.7 Å². The van der Waals surface area contributed by atoms with Crippen molar-refractivity contribution in [3.8, 4) is 17.3 Å². The lowest BCUT2D eigenvalue weighted by atomic mass is 10.0. The van der Waals surface area contributed by atoms with Crippen molar-refractivity contribution in [2.45, 2.75) is 25.2 Å². The zero-order chi connectivity index (χ0) is 23.8. The van der Waals surface area contributed by atoms with Crippen molar-refractivity contribution < 1.29 is 39.9 Å². The number of ether oxygens (including phenoxy) is 1. The molecule has 0 amide bonds. The molecule has 0 bridgehead atoms. The second kappa shape index (κ2) is 8.37. The highest BCUT2D eigenvalue weighted by atomic mass is 19.4.